The normalized spacial score (nSPS) is 13.8. The summed E-state index contributed by atoms with van der Waals surface area (Å²) >= 11 is 1.35. The maximum Gasteiger partial charge on any atom is 0.326 e. The first-order chi connectivity index (χ1) is 17.8. The Labute approximate surface area is 222 Å². The number of hydrogen-bond donors (Lipinski definition) is 8. The SMILES string of the molecule is CSCCC(NC(=O)C(CC(=O)O)NC(=O)C(Cc1ccc(O)cc1)NC(=O)C(N)CCC(N)=O)C(=O)O. The van der Waals surface area contributed by atoms with Gasteiger partial charge in [0.25, 0.3) is 0 Å². The lowest BCUT2D eigenvalue weighted by Crippen LogP contribution is -2.58. The van der Waals surface area contributed by atoms with Crippen LogP contribution in [0.15, 0.2) is 24.3 Å². The average Bonchev–Trinajstić information content (AvgIpc) is 2.84. The molecular weight excluding hydrogens is 522 g/mol. The van der Waals surface area contributed by atoms with Gasteiger partial charge < -0.3 is 42.7 Å². The Morgan fingerprint density at radius 3 is 1.95 bits per heavy atom. The minimum atomic E-state index is -1.65. The number of nitrogens with two attached hydrogens (primary N) is 2. The molecule has 15 heteroatoms. The number of phenols is 1. The molecule has 0 radical (unpaired) electrons. The number of carboxylic acid groups (broad SMARTS) is 2. The zero-order valence-corrected chi connectivity index (χ0v) is 21.5. The standard InChI is InChI=1S/C23H33N5O9S/c1-38-9-8-15(23(36)37)26-22(35)17(11-19(31)32)28-21(34)16(10-12-2-4-13(29)5-3-12)27-20(33)14(24)6-7-18(25)30/h2-5,14-17,29H,6-11,24H2,1H3,(H2,25,30)(H,26,35)(H,27,33)(H,28,34)(H,31,32)(H,36,37). The van der Waals surface area contributed by atoms with Crippen LogP contribution in [0.25, 0.3) is 0 Å². The van der Waals surface area contributed by atoms with Crippen molar-refractivity contribution in [2.75, 3.05) is 12.0 Å². The van der Waals surface area contributed by atoms with E-state index in [1.54, 1.807) is 6.26 Å². The Hall–Kier alpha value is -3.85. The molecule has 0 aliphatic carbocycles. The molecule has 0 saturated carbocycles. The monoisotopic (exact) mass is 555 g/mol. The summed E-state index contributed by atoms with van der Waals surface area (Å²) in [5.74, 6) is -5.83. The molecule has 4 amide bonds. The molecule has 14 nitrogen and oxygen atoms in total. The predicted molar refractivity (Wildman–Crippen MR) is 137 cm³/mol. The van der Waals surface area contributed by atoms with Gasteiger partial charge in [0.2, 0.25) is 23.6 Å². The molecule has 1 rings (SSSR count). The van der Waals surface area contributed by atoms with E-state index in [0.717, 1.165) is 0 Å². The summed E-state index contributed by atoms with van der Waals surface area (Å²) in [4.78, 5) is 72.3. The van der Waals surface area contributed by atoms with Crippen molar-refractivity contribution in [2.45, 2.75) is 56.3 Å². The molecule has 0 spiro atoms. The van der Waals surface area contributed by atoms with Crippen LogP contribution >= 0.6 is 11.8 Å². The van der Waals surface area contributed by atoms with E-state index in [2.05, 4.69) is 16.0 Å². The number of carbonyl (C=O) groups is 6. The third-order valence-corrected chi connectivity index (χ3v) is 5.93. The second kappa shape index (κ2) is 16.1. The Balaban J connectivity index is 3.12. The lowest BCUT2D eigenvalue weighted by atomic mass is 10.0. The number of benzene rings is 1. The molecule has 210 valence electrons. The average molecular weight is 556 g/mol. The zero-order chi connectivity index (χ0) is 28.8. The van der Waals surface area contributed by atoms with Gasteiger partial charge in [-0.1, -0.05) is 12.1 Å². The summed E-state index contributed by atoms with van der Waals surface area (Å²) in [5, 5.41) is 35.0. The lowest BCUT2D eigenvalue weighted by molar-refractivity contribution is -0.143. The number of aromatic hydroxyl groups is 1. The third kappa shape index (κ3) is 11.9. The Bertz CT molecular complexity index is 1010. The first-order valence-electron chi connectivity index (χ1n) is 11.5. The highest BCUT2D eigenvalue weighted by Crippen LogP contribution is 2.12. The van der Waals surface area contributed by atoms with Crippen molar-refractivity contribution in [1.29, 1.82) is 0 Å². The van der Waals surface area contributed by atoms with E-state index in [1.807, 2.05) is 0 Å². The summed E-state index contributed by atoms with van der Waals surface area (Å²) in [6, 6.07) is 0.181. The van der Waals surface area contributed by atoms with Crippen molar-refractivity contribution in [2.24, 2.45) is 11.5 Å². The summed E-state index contributed by atoms with van der Waals surface area (Å²) in [5.41, 5.74) is 11.4. The number of carboxylic acids is 2. The number of hydrogen-bond acceptors (Lipinski definition) is 9. The van der Waals surface area contributed by atoms with Crippen LogP contribution in [-0.2, 0) is 35.2 Å². The fourth-order valence-electron chi connectivity index (χ4n) is 3.21. The second-order valence-corrected chi connectivity index (χ2v) is 9.37. The van der Waals surface area contributed by atoms with Gasteiger partial charge in [0.05, 0.1) is 12.5 Å². The van der Waals surface area contributed by atoms with Crippen LogP contribution in [-0.4, -0.2) is 87.1 Å². The van der Waals surface area contributed by atoms with Crippen LogP contribution in [0.4, 0.5) is 0 Å². The van der Waals surface area contributed by atoms with Crippen molar-refractivity contribution in [3.05, 3.63) is 29.8 Å². The van der Waals surface area contributed by atoms with Crippen LogP contribution in [0.1, 0.15) is 31.2 Å². The summed E-state index contributed by atoms with van der Waals surface area (Å²) in [7, 11) is 0. The van der Waals surface area contributed by atoms with Crippen molar-refractivity contribution in [3.8, 4) is 5.75 Å². The van der Waals surface area contributed by atoms with Gasteiger partial charge in [-0.05, 0) is 42.5 Å². The Morgan fingerprint density at radius 2 is 1.42 bits per heavy atom. The van der Waals surface area contributed by atoms with Crippen LogP contribution in [0.5, 0.6) is 5.75 Å². The van der Waals surface area contributed by atoms with E-state index < -0.39 is 66.2 Å². The summed E-state index contributed by atoms with van der Waals surface area (Å²) < 4.78 is 0. The van der Waals surface area contributed by atoms with Gasteiger partial charge in [0.1, 0.15) is 23.9 Å². The number of phenolic OH excluding ortho intramolecular Hbond substituents is 1. The number of amides is 4. The van der Waals surface area contributed by atoms with Gasteiger partial charge in [-0.2, -0.15) is 11.8 Å². The van der Waals surface area contributed by atoms with Crippen LogP contribution in [0.3, 0.4) is 0 Å². The topological polar surface area (TPSA) is 251 Å². The molecule has 0 heterocycles. The van der Waals surface area contributed by atoms with Crippen molar-refractivity contribution in [3.63, 3.8) is 0 Å². The van der Waals surface area contributed by atoms with E-state index in [9.17, 15) is 44.1 Å². The zero-order valence-electron chi connectivity index (χ0n) is 20.7. The van der Waals surface area contributed by atoms with E-state index >= 15 is 0 Å². The lowest BCUT2D eigenvalue weighted by Gasteiger charge is -2.24. The fourth-order valence-corrected chi connectivity index (χ4v) is 3.68. The number of aliphatic carboxylic acids is 2. The molecule has 0 saturated heterocycles. The number of carbonyl (C=O) groups excluding carboxylic acids is 4. The molecule has 4 atom stereocenters. The van der Waals surface area contributed by atoms with E-state index in [-0.39, 0.29) is 31.4 Å². The molecule has 1 aromatic carbocycles. The van der Waals surface area contributed by atoms with Crippen molar-refractivity contribution in [1.82, 2.24) is 16.0 Å². The minimum absolute atomic E-state index is 0.0417. The molecule has 38 heavy (non-hydrogen) atoms. The van der Waals surface area contributed by atoms with Gasteiger partial charge >= 0.3 is 11.9 Å². The largest absolute Gasteiger partial charge is 0.508 e. The molecule has 4 unspecified atom stereocenters. The third-order valence-electron chi connectivity index (χ3n) is 5.28. The summed E-state index contributed by atoms with van der Waals surface area (Å²) in [6.07, 6.45) is 0.559. The van der Waals surface area contributed by atoms with Crippen molar-refractivity contribution >= 4 is 47.3 Å². The first kappa shape index (κ1) is 32.2. The molecule has 0 aromatic heterocycles. The maximum atomic E-state index is 13.1. The van der Waals surface area contributed by atoms with Crippen molar-refractivity contribution < 1.29 is 44.1 Å². The van der Waals surface area contributed by atoms with E-state index in [1.165, 1.54) is 36.0 Å². The fraction of sp³-hybridized carbons (Fsp3) is 0.478. The molecule has 10 N–H and O–H groups in total. The van der Waals surface area contributed by atoms with Gasteiger partial charge in [-0.25, -0.2) is 4.79 Å². The summed E-state index contributed by atoms with van der Waals surface area (Å²) in [6.45, 7) is 0. The highest BCUT2D eigenvalue weighted by atomic mass is 32.2. The molecule has 0 fully saturated rings. The number of rotatable bonds is 17. The number of primary amides is 1. The molecular formula is C23H33N5O9S. The highest BCUT2D eigenvalue weighted by Gasteiger charge is 2.31. The number of thioether (sulfide) groups is 1. The Morgan fingerprint density at radius 1 is 0.868 bits per heavy atom. The second-order valence-electron chi connectivity index (χ2n) is 8.38. The van der Waals surface area contributed by atoms with Crippen LogP contribution < -0.4 is 27.4 Å². The van der Waals surface area contributed by atoms with E-state index in [4.69, 9.17) is 11.5 Å². The highest BCUT2D eigenvalue weighted by molar-refractivity contribution is 7.98. The molecule has 0 aliphatic heterocycles. The maximum absolute atomic E-state index is 13.1. The first-order valence-corrected chi connectivity index (χ1v) is 12.9. The van der Waals surface area contributed by atoms with Gasteiger partial charge in [-0.15, -0.1) is 0 Å². The number of nitrogens with one attached hydrogen (secondary N) is 3. The van der Waals surface area contributed by atoms with Gasteiger partial charge in [0.15, 0.2) is 0 Å². The molecule has 1 aromatic rings. The van der Waals surface area contributed by atoms with Crippen LogP contribution in [0.2, 0.25) is 0 Å². The molecule has 0 bridgehead atoms. The van der Waals surface area contributed by atoms with E-state index in [0.29, 0.717) is 11.3 Å². The van der Waals surface area contributed by atoms with Crippen LogP contribution in [0, 0.1) is 0 Å². The smallest absolute Gasteiger partial charge is 0.326 e. The minimum Gasteiger partial charge on any atom is -0.508 e. The predicted octanol–water partition coefficient (Wildman–Crippen LogP) is -1.71. The van der Waals surface area contributed by atoms with Gasteiger partial charge in [0, 0.05) is 12.8 Å². The quantitative estimate of drug-likeness (QED) is 0.107. The Kier molecular flexibility index (Phi) is 13.6. The van der Waals surface area contributed by atoms with Gasteiger partial charge in [-0.3, -0.25) is 24.0 Å². The molecule has 0 aliphatic rings.